The van der Waals surface area contributed by atoms with Crippen molar-refractivity contribution in [3.8, 4) is 0 Å². The molecule has 0 aromatic heterocycles. The van der Waals surface area contributed by atoms with Crippen LogP contribution in [0.3, 0.4) is 0 Å². The van der Waals surface area contributed by atoms with E-state index in [1.165, 1.54) is 0 Å². The highest BCUT2D eigenvalue weighted by molar-refractivity contribution is 6.28. The second-order valence-electron chi connectivity index (χ2n) is 9.12. The van der Waals surface area contributed by atoms with E-state index in [-0.39, 0.29) is 24.0 Å². The summed E-state index contributed by atoms with van der Waals surface area (Å²) in [5.74, 6) is -0.108. The van der Waals surface area contributed by atoms with Crippen LogP contribution in [-0.4, -0.2) is 24.1 Å². The van der Waals surface area contributed by atoms with E-state index < -0.39 is 5.41 Å². The molecule has 2 aromatic rings. The Bertz CT molecular complexity index is 986. The summed E-state index contributed by atoms with van der Waals surface area (Å²) in [6, 6.07) is 12.3. The Morgan fingerprint density at radius 3 is 2.16 bits per heavy atom. The number of carbonyl (C=O) groups is 3. The maximum atomic E-state index is 13.0. The molecule has 0 amide bonds. The molecule has 3 rings (SSSR count). The molecule has 1 aliphatic carbocycles. The third-order valence-corrected chi connectivity index (χ3v) is 6.32. The molecule has 164 valence electrons. The predicted octanol–water partition coefficient (Wildman–Crippen LogP) is 5.89. The van der Waals surface area contributed by atoms with Crippen molar-refractivity contribution >= 4 is 17.5 Å². The van der Waals surface area contributed by atoms with Gasteiger partial charge in [-0.3, -0.25) is 14.4 Å². The molecule has 1 aliphatic rings. The molecule has 0 N–H and O–H groups in total. The molecule has 4 nitrogen and oxygen atoms in total. The number of ketones is 2. The van der Waals surface area contributed by atoms with E-state index in [2.05, 4.69) is 13.8 Å². The van der Waals surface area contributed by atoms with Gasteiger partial charge in [0.25, 0.3) is 0 Å². The summed E-state index contributed by atoms with van der Waals surface area (Å²) >= 11 is 0. The Balaban J connectivity index is 1.74. The Kier molecular flexibility index (Phi) is 7.09. The van der Waals surface area contributed by atoms with E-state index in [9.17, 15) is 14.4 Å². The first-order valence-corrected chi connectivity index (χ1v) is 11.3. The molecular weight excluding hydrogens is 388 g/mol. The van der Waals surface area contributed by atoms with Gasteiger partial charge in [-0.2, -0.15) is 0 Å². The number of ether oxygens (including phenoxy) is 1. The van der Waals surface area contributed by atoms with Crippen LogP contribution in [0, 0.1) is 5.92 Å². The maximum absolute atomic E-state index is 13.0. The molecule has 0 spiro atoms. The number of unbranched alkanes of at least 4 members (excludes halogenated alkanes) is 1. The third kappa shape index (κ3) is 4.95. The fraction of sp³-hybridized carbons (Fsp3) is 0.444. The van der Waals surface area contributed by atoms with E-state index >= 15 is 0 Å². The van der Waals surface area contributed by atoms with Crippen LogP contribution in [0.4, 0.5) is 0 Å². The van der Waals surface area contributed by atoms with Crippen molar-refractivity contribution in [1.82, 2.24) is 0 Å². The van der Waals surface area contributed by atoms with Gasteiger partial charge in [0.15, 0.2) is 11.6 Å². The van der Waals surface area contributed by atoms with Gasteiger partial charge >= 0.3 is 5.97 Å². The summed E-state index contributed by atoms with van der Waals surface area (Å²) in [5, 5.41) is 0. The van der Waals surface area contributed by atoms with Crippen LogP contribution >= 0.6 is 0 Å². The van der Waals surface area contributed by atoms with Gasteiger partial charge in [-0.25, -0.2) is 0 Å². The van der Waals surface area contributed by atoms with E-state index in [1.807, 2.05) is 19.9 Å². The fourth-order valence-electron chi connectivity index (χ4n) is 4.14. The monoisotopic (exact) mass is 420 g/mol. The molecule has 1 atom stereocenters. The summed E-state index contributed by atoms with van der Waals surface area (Å²) in [7, 11) is 0. The molecule has 1 unspecified atom stereocenters. The van der Waals surface area contributed by atoms with Crippen molar-refractivity contribution in [2.45, 2.75) is 65.2 Å². The molecule has 2 aromatic carbocycles. The van der Waals surface area contributed by atoms with E-state index in [4.69, 9.17) is 4.74 Å². The lowest BCUT2D eigenvalue weighted by Gasteiger charge is -2.27. The van der Waals surface area contributed by atoms with E-state index in [0.29, 0.717) is 34.8 Å². The van der Waals surface area contributed by atoms with Crippen LogP contribution in [0.25, 0.3) is 0 Å². The number of fused-ring (bicyclic) bond motifs is 2. The van der Waals surface area contributed by atoms with Crippen LogP contribution in [0.15, 0.2) is 42.5 Å². The highest BCUT2D eigenvalue weighted by atomic mass is 16.5. The SMILES string of the molecule is CCCCC(CC)COC(=O)CC(C)(C)c1ccc2c(c1)C(=O)c1ccccc1C2=O. The highest BCUT2D eigenvalue weighted by Crippen LogP contribution is 2.33. The van der Waals surface area contributed by atoms with Gasteiger partial charge in [0, 0.05) is 27.7 Å². The molecule has 0 bridgehead atoms. The van der Waals surface area contributed by atoms with Crippen molar-refractivity contribution in [1.29, 1.82) is 0 Å². The molecule has 0 aliphatic heterocycles. The van der Waals surface area contributed by atoms with Crippen LogP contribution < -0.4 is 0 Å². The molecule has 4 heteroatoms. The summed E-state index contributed by atoms with van der Waals surface area (Å²) < 4.78 is 5.59. The second-order valence-corrected chi connectivity index (χ2v) is 9.12. The molecule has 0 heterocycles. The molecule has 0 radical (unpaired) electrons. The van der Waals surface area contributed by atoms with Crippen molar-refractivity contribution in [3.05, 3.63) is 70.3 Å². The summed E-state index contributed by atoms with van der Waals surface area (Å²) in [4.78, 5) is 38.4. The summed E-state index contributed by atoms with van der Waals surface area (Å²) in [6.45, 7) is 8.68. The number of benzene rings is 2. The fourth-order valence-corrected chi connectivity index (χ4v) is 4.14. The number of hydrogen-bond donors (Lipinski definition) is 0. The standard InChI is InChI=1S/C27H32O4/c1-5-7-10-18(6-2)17-31-24(28)16-27(3,4)19-13-14-22-23(15-19)26(30)21-12-9-8-11-20(21)25(22)29/h8-9,11-15,18H,5-7,10,16-17H2,1-4H3. The number of rotatable bonds is 9. The minimum absolute atomic E-state index is 0.133. The molecule has 31 heavy (non-hydrogen) atoms. The van der Waals surface area contributed by atoms with E-state index in [0.717, 1.165) is 31.2 Å². The molecular formula is C27H32O4. The van der Waals surface area contributed by atoms with Gasteiger partial charge in [0.2, 0.25) is 0 Å². The van der Waals surface area contributed by atoms with E-state index in [1.54, 1.807) is 36.4 Å². The zero-order chi connectivity index (χ0) is 22.6. The van der Waals surface area contributed by atoms with Crippen LogP contribution in [-0.2, 0) is 14.9 Å². The van der Waals surface area contributed by atoms with Crippen LogP contribution in [0.2, 0.25) is 0 Å². The lowest BCUT2D eigenvalue weighted by Crippen LogP contribution is -2.26. The Labute approximate surface area is 185 Å². The Hall–Kier alpha value is -2.75. The third-order valence-electron chi connectivity index (χ3n) is 6.32. The lowest BCUT2D eigenvalue weighted by molar-refractivity contribution is -0.146. The number of hydrogen-bond acceptors (Lipinski definition) is 4. The minimum Gasteiger partial charge on any atom is -0.465 e. The largest absolute Gasteiger partial charge is 0.465 e. The molecule has 0 fully saturated rings. The quantitative estimate of drug-likeness (QED) is 0.405. The number of esters is 1. The van der Waals surface area contributed by atoms with Gasteiger partial charge < -0.3 is 4.74 Å². The summed E-state index contributed by atoms with van der Waals surface area (Å²) in [6.07, 6.45) is 4.58. The lowest BCUT2D eigenvalue weighted by atomic mass is 9.77. The average molecular weight is 421 g/mol. The molecule has 0 saturated carbocycles. The smallest absolute Gasteiger partial charge is 0.306 e. The zero-order valence-corrected chi connectivity index (χ0v) is 19.0. The first-order chi connectivity index (χ1) is 14.8. The first-order valence-electron chi connectivity index (χ1n) is 11.3. The maximum Gasteiger partial charge on any atom is 0.306 e. The van der Waals surface area contributed by atoms with Gasteiger partial charge in [-0.15, -0.1) is 0 Å². The predicted molar refractivity (Wildman–Crippen MR) is 122 cm³/mol. The molecule has 0 saturated heterocycles. The highest BCUT2D eigenvalue weighted by Gasteiger charge is 2.32. The number of carbonyl (C=O) groups excluding carboxylic acids is 3. The second kappa shape index (κ2) is 9.59. The first kappa shape index (κ1) is 22.9. The van der Waals surface area contributed by atoms with Gasteiger partial charge in [0.1, 0.15) is 0 Å². The van der Waals surface area contributed by atoms with Crippen molar-refractivity contribution in [2.24, 2.45) is 5.92 Å². The van der Waals surface area contributed by atoms with Gasteiger partial charge in [0.05, 0.1) is 13.0 Å². The zero-order valence-electron chi connectivity index (χ0n) is 19.0. The van der Waals surface area contributed by atoms with Crippen LogP contribution in [0.1, 0.15) is 97.2 Å². The normalized spacial score (nSPS) is 14.1. The van der Waals surface area contributed by atoms with Crippen molar-refractivity contribution in [2.75, 3.05) is 6.61 Å². The van der Waals surface area contributed by atoms with Crippen LogP contribution in [0.5, 0.6) is 0 Å². The average Bonchev–Trinajstić information content (AvgIpc) is 2.77. The minimum atomic E-state index is -0.516. The Morgan fingerprint density at radius 1 is 0.935 bits per heavy atom. The Morgan fingerprint density at radius 2 is 1.55 bits per heavy atom. The van der Waals surface area contributed by atoms with Crippen molar-refractivity contribution in [3.63, 3.8) is 0 Å². The van der Waals surface area contributed by atoms with Gasteiger partial charge in [-0.05, 0) is 30.0 Å². The topological polar surface area (TPSA) is 60.4 Å². The van der Waals surface area contributed by atoms with Gasteiger partial charge in [-0.1, -0.05) is 77.3 Å². The summed E-state index contributed by atoms with van der Waals surface area (Å²) in [5.41, 5.74) is 2.05. The van der Waals surface area contributed by atoms with Crippen molar-refractivity contribution < 1.29 is 19.1 Å².